The molecule has 0 fully saturated rings. The monoisotopic (exact) mass is 380 g/mol. The number of hydrogen-bond donors (Lipinski definition) is 2. The topological polar surface area (TPSA) is 80.2 Å². The van der Waals surface area contributed by atoms with Gasteiger partial charge in [0, 0.05) is 5.02 Å². The van der Waals surface area contributed by atoms with Crippen LogP contribution in [-0.4, -0.2) is 24.4 Å². The first-order chi connectivity index (χ1) is 12.0. The second-order valence-electron chi connectivity index (χ2n) is 4.64. The summed E-state index contributed by atoms with van der Waals surface area (Å²) in [5.41, 5.74) is 3.37. The van der Waals surface area contributed by atoms with Crippen LogP contribution < -0.4 is 14.9 Å². The zero-order valence-corrected chi connectivity index (χ0v) is 14.6. The van der Waals surface area contributed by atoms with Gasteiger partial charge in [-0.2, -0.15) is 5.10 Å². The molecule has 0 saturated carbocycles. The molecule has 0 amide bonds. The van der Waals surface area contributed by atoms with Crippen LogP contribution in [0.1, 0.15) is 0 Å². The fraction of sp³-hybridized carbons (Fsp3) is 0.0588. The summed E-state index contributed by atoms with van der Waals surface area (Å²) in [5, 5.41) is 13.6. The van der Waals surface area contributed by atoms with Crippen LogP contribution in [0.3, 0.4) is 0 Å². The van der Waals surface area contributed by atoms with Crippen molar-refractivity contribution < 1.29 is 19.4 Å². The highest BCUT2D eigenvalue weighted by molar-refractivity contribution is 6.41. The third-order valence-corrected chi connectivity index (χ3v) is 3.43. The summed E-state index contributed by atoms with van der Waals surface area (Å²) in [6, 6.07) is 13.2. The number of nitrogens with zero attached hydrogens (tertiary/aromatic N) is 1. The molecule has 0 unspecified atom stereocenters. The Hall–Kier alpha value is -2.70. The highest BCUT2D eigenvalue weighted by Crippen LogP contribution is 2.21. The minimum atomic E-state index is -1.32. The molecule has 0 bridgehead atoms. The van der Waals surface area contributed by atoms with Crippen LogP contribution in [0.25, 0.3) is 0 Å². The number of hydrazone groups is 1. The highest BCUT2D eigenvalue weighted by atomic mass is 35.5. The number of hydrogen-bond acceptors (Lipinski definition) is 5. The highest BCUT2D eigenvalue weighted by Gasteiger charge is 2.15. The van der Waals surface area contributed by atoms with E-state index in [1.807, 2.05) is 0 Å². The van der Waals surface area contributed by atoms with E-state index in [1.54, 1.807) is 48.5 Å². The predicted octanol–water partition coefficient (Wildman–Crippen LogP) is 4.36. The lowest BCUT2D eigenvalue weighted by atomic mass is 10.3. The number of aliphatic carboxylic acids is 1. The number of carbonyl (C=O) groups is 1. The van der Waals surface area contributed by atoms with Gasteiger partial charge in [0.25, 0.3) is 0 Å². The van der Waals surface area contributed by atoms with Crippen LogP contribution in [0.4, 0.5) is 5.69 Å². The summed E-state index contributed by atoms with van der Waals surface area (Å²) >= 11 is 11.8. The van der Waals surface area contributed by atoms with Crippen LogP contribution >= 0.6 is 23.2 Å². The number of methoxy groups -OCH3 is 1. The van der Waals surface area contributed by atoms with Crippen molar-refractivity contribution in [1.29, 1.82) is 0 Å². The van der Waals surface area contributed by atoms with Gasteiger partial charge in [0.15, 0.2) is 0 Å². The van der Waals surface area contributed by atoms with Gasteiger partial charge in [-0.1, -0.05) is 23.2 Å². The Morgan fingerprint density at radius 3 is 2.28 bits per heavy atom. The largest absolute Gasteiger partial charge is 0.497 e. The molecule has 0 spiro atoms. The van der Waals surface area contributed by atoms with Gasteiger partial charge in [0.2, 0.25) is 5.76 Å². The maximum atomic E-state index is 11.4. The van der Waals surface area contributed by atoms with Gasteiger partial charge < -0.3 is 14.6 Å². The smallest absolute Gasteiger partial charge is 0.373 e. The van der Waals surface area contributed by atoms with Crippen LogP contribution in [0.15, 0.2) is 64.4 Å². The average Bonchev–Trinajstić information content (AvgIpc) is 2.61. The fourth-order valence-electron chi connectivity index (χ4n) is 1.70. The van der Waals surface area contributed by atoms with E-state index in [0.717, 1.165) is 6.21 Å². The van der Waals surface area contributed by atoms with Gasteiger partial charge in [-0.3, -0.25) is 5.43 Å². The Morgan fingerprint density at radius 1 is 1.12 bits per heavy atom. The van der Waals surface area contributed by atoms with Crippen molar-refractivity contribution in [2.75, 3.05) is 12.5 Å². The van der Waals surface area contributed by atoms with Crippen molar-refractivity contribution in [3.63, 3.8) is 0 Å². The molecular formula is C17H14Cl2N2O4. The zero-order chi connectivity index (χ0) is 18.2. The lowest BCUT2D eigenvalue weighted by molar-refractivity contribution is -0.135. The molecule has 0 atom stereocenters. The molecule has 0 aliphatic carbocycles. The first kappa shape index (κ1) is 18.6. The number of anilines is 1. The number of nitrogens with one attached hydrogen (secondary N) is 1. The number of carboxylic acids is 1. The maximum absolute atomic E-state index is 11.4. The molecule has 0 saturated heterocycles. The average molecular weight is 381 g/mol. The number of halogens is 2. The van der Waals surface area contributed by atoms with Crippen LogP contribution in [0.5, 0.6) is 11.5 Å². The zero-order valence-electron chi connectivity index (χ0n) is 13.1. The Labute approximate surface area is 154 Å². The SMILES string of the molecule is COc1ccc(O/C(C(=O)O)=C(Cl)\C=N/Nc2ccc(Cl)cc2)cc1. The third-order valence-electron chi connectivity index (χ3n) is 2.91. The Kier molecular flexibility index (Phi) is 6.68. The maximum Gasteiger partial charge on any atom is 0.373 e. The quantitative estimate of drug-likeness (QED) is 0.322. The summed E-state index contributed by atoms with van der Waals surface area (Å²) in [7, 11) is 1.53. The summed E-state index contributed by atoms with van der Waals surface area (Å²) in [4.78, 5) is 11.4. The van der Waals surface area contributed by atoms with E-state index in [1.165, 1.54) is 7.11 Å². The van der Waals surface area contributed by atoms with Crippen molar-refractivity contribution in [3.8, 4) is 11.5 Å². The standard InChI is InChI=1S/C17H14Cl2N2O4/c1-24-13-6-8-14(9-7-13)25-16(17(22)23)15(19)10-20-21-12-4-2-11(18)3-5-12/h2-10,21H,1H3,(H,22,23)/b16-15+,20-10-. The molecule has 0 aromatic heterocycles. The third kappa shape index (κ3) is 5.70. The van der Waals surface area contributed by atoms with E-state index in [2.05, 4.69) is 10.5 Å². The molecule has 2 rings (SSSR count). The van der Waals surface area contributed by atoms with E-state index >= 15 is 0 Å². The number of rotatable bonds is 7. The predicted molar refractivity (Wildman–Crippen MR) is 97.7 cm³/mol. The van der Waals surface area contributed by atoms with Gasteiger partial charge in [-0.15, -0.1) is 0 Å². The lowest BCUT2D eigenvalue weighted by Crippen LogP contribution is -2.10. The van der Waals surface area contributed by atoms with Crippen molar-refractivity contribution in [2.45, 2.75) is 0 Å². The summed E-state index contributed by atoms with van der Waals surface area (Å²) in [6.45, 7) is 0. The molecule has 0 aliphatic rings. The summed E-state index contributed by atoms with van der Waals surface area (Å²) < 4.78 is 10.3. The fourth-order valence-corrected chi connectivity index (χ4v) is 2.00. The van der Waals surface area contributed by atoms with Crippen molar-refractivity contribution >= 4 is 41.1 Å². The van der Waals surface area contributed by atoms with E-state index in [0.29, 0.717) is 22.2 Å². The molecular weight excluding hydrogens is 367 g/mol. The van der Waals surface area contributed by atoms with E-state index in [9.17, 15) is 9.90 Å². The minimum absolute atomic E-state index is 0.176. The molecule has 130 valence electrons. The second kappa shape index (κ2) is 8.96. The van der Waals surface area contributed by atoms with E-state index in [4.69, 9.17) is 32.7 Å². The first-order valence-electron chi connectivity index (χ1n) is 6.99. The molecule has 0 aliphatic heterocycles. The second-order valence-corrected chi connectivity index (χ2v) is 5.48. The Bertz CT molecular complexity index is 787. The van der Waals surface area contributed by atoms with E-state index in [-0.39, 0.29) is 5.03 Å². The molecule has 6 nitrogen and oxygen atoms in total. The molecule has 2 aromatic rings. The van der Waals surface area contributed by atoms with Gasteiger partial charge in [-0.25, -0.2) is 4.79 Å². The van der Waals surface area contributed by atoms with Crippen LogP contribution in [-0.2, 0) is 4.79 Å². The molecule has 25 heavy (non-hydrogen) atoms. The Balaban J connectivity index is 2.10. The van der Waals surface area contributed by atoms with Gasteiger partial charge in [0.05, 0.1) is 19.0 Å². The van der Waals surface area contributed by atoms with Gasteiger partial charge in [0.1, 0.15) is 16.5 Å². The molecule has 2 N–H and O–H groups in total. The minimum Gasteiger partial charge on any atom is -0.497 e. The summed E-state index contributed by atoms with van der Waals surface area (Å²) in [6.07, 6.45) is 1.14. The molecule has 0 radical (unpaired) electrons. The lowest BCUT2D eigenvalue weighted by Gasteiger charge is -2.08. The van der Waals surface area contributed by atoms with Crippen LogP contribution in [0, 0.1) is 0 Å². The van der Waals surface area contributed by atoms with Gasteiger partial charge >= 0.3 is 5.97 Å². The normalized spacial score (nSPS) is 11.8. The van der Waals surface area contributed by atoms with Crippen molar-refractivity contribution in [1.82, 2.24) is 0 Å². The first-order valence-corrected chi connectivity index (χ1v) is 7.75. The summed E-state index contributed by atoms with van der Waals surface area (Å²) in [5.74, 6) is -0.851. The van der Waals surface area contributed by atoms with Crippen molar-refractivity contribution in [2.24, 2.45) is 5.10 Å². The Morgan fingerprint density at radius 2 is 1.72 bits per heavy atom. The number of carboxylic acid groups (broad SMARTS) is 1. The van der Waals surface area contributed by atoms with Crippen molar-refractivity contribution in [3.05, 3.63) is 64.3 Å². The molecule has 2 aromatic carbocycles. The van der Waals surface area contributed by atoms with Gasteiger partial charge in [-0.05, 0) is 48.5 Å². The molecule has 8 heteroatoms. The van der Waals surface area contributed by atoms with Crippen LogP contribution in [0.2, 0.25) is 5.02 Å². The number of ether oxygens (including phenoxy) is 2. The number of allylic oxidation sites excluding steroid dienone is 1. The molecule has 0 heterocycles. The van der Waals surface area contributed by atoms with E-state index < -0.39 is 11.7 Å². The number of benzene rings is 2.